The van der Waals surface area contributed by atoms with Gasteiger partial charge in [0, 0.05) is 32.2 Å². The molecule has 2 N–H and O–H groups in total. The van der Waals surface area contributed by atoms with E-state index in [0.717, 1.165) is 24.9 Å². The Morgan fingerprint density at radius 1 is 1.40 bits per heavy atom. The molecule has 0 spiro atoms. The fourth-order valence-electron chi connectivity index (χ4n) is 2.14. The molecule has 0 aliphatic heterocycles. The third kappa shape index (κ3) is 2.96. The first-order valence-electron chi connectivity index (χ1n) is 5.81. The van der Waals surface area contributed by atoms with Gasteiger partial charge >= 0.3 is 0 Å². The van der Waals surface area contributed by atoms with Crippen molar-refractivity contribution in [3.8, 4) is 0 Å². The van der Waals surface area contributed by atoms with E-state index in [4.69, 9.17) is 0 Å². The average Bonchev–Trinajstić information content (AvgIpc) is 2.85. The molecule has 84 valence electrons. The van der Waals surface area contributed by atoms with E-state index in [1.54, 1.807) is 0 Å². The van der Waals surface area contributed by atoms with E-state index < -0.39 is 0 Å². The number of aryl methyl sites for hydroxylation is 1. The molecule has 0 atom stereocenters. The molecule has 0 saturated heterocycles. The topological polar surface area (TPSA) is 41.9 Å². The van der Waals surface area contributed by atoms with Crippen molar-refractivity contribution in [1.29, 1.82) is 0 Å². The quantitative estimate of drug-likeness (QED) is 0.718. The summed E-state index contributed by atoms with van der Waals surface area (Å²) in [7, 11) is 1.95. The van der Waals surface area contributed by atoms with Crippen molar-refractivity contribution in [3.05, 3.63) is 12.3 Å². The van der Waals surface area contributed by atoms with Gasteiger partial charge in [0.05, 0.1) is 6.20 Å². The van der Waals surface area contributed by atoms with Gasteiger partial charge in [-0.1, -0.05) is 12.8 Å². The lowest BCUT2D eigenvalue weighted by molar-refractivity contribution is 0.535. The molecule has 0 unspecified atom stereocenters. The van der Waals surface area contributed by atoms with Crippen LogP contribution in [-0.2, 0) is 7.05 Å². The van der Waals surface area contributed by atoms with Gasteiger partial charge in [-0.2, -0.15) is 5.10 Å². The molecule has 0 bridgehead atoms. The fourth-order valence-corrected chi connectivity index (χ4v) is 2.14. The van der Waals surface area contributed by atoms with Crippen LogP contribution >= 0.6 is 0 Å². The maximum atomic E-state index is 4.11. The number of rotatable bonds is 5. The molecule has 2 rings (SSSR count). The lowest BCUT2D eigenvalue weighted by atomic mass is 10.2. The van der Waals surface area contributed by atoms with Crippen molar-refractivity contribution in [2.24, 2.45) is 7.05 Å². The lowest BCUT2D eigenvalue weighted by Gasteiger charge is -2.12. The standard InChI is InChI=1S/C11H20N4/c1-15-11(6-7-14-15)13-9-8-12-10-4-2-3-5-10/h6-7,10,12-13H,2-5,8-9H2,1H3. The van der Waals surface area contributed by atoms with E-state index in [0.29, 0.717) is 0 Å². The minimum absolute atomic E-state index is 0.762. The largest absolute Gasteiger partial charge is 0.369 e. The van der Waals surface area contributed by atoms with E-state index in [1.807, 2.05) is 24.0 Å². The van der Waals surface area contributed by atoms with Crippen LogP contribution in [-0.4, -0.2) is 28.9 Å². The van der Waals surface area contributed by atoms with Crippen LogP contribution in [0.25, 0.3) is 0 Å². The molecule has 1 aromatic rings. The first kappa shape index (κ1) is 10.5. The van der Waals surface area contributed by atoms with Crippen molar-refractivity contribution in [2.45, 2.75) is 31.7 Å². The van der Waals surface area contributed by atoms with Crippen molar-refractivity contribution < 1.29 is 0 Å². The number of hydrogen-bond acceptors (Lipinski definition) is 3. The third-order valence-corrected chi connectivity index (χ3v) is 3.04. The zero-order valence-corrected chi connectivity index (χ0v) is 9.37. The van der Waals surface area contributed by atoms with Gasteiger partial charge in [-0.25, -0.2) is 0 Å². The number of anilines is 1. The maximum Gasteiger partial charge on any atom is 0.123 e. The Labute approximate surface area is 91.1 Å². The molecule has 4 heteroatoms. The highest BCUT2D eigenvalue weighted by Gasteiger charge is 2.13. The molecule has 1 aliphatic rings. The highest BCUT2D eigenvalue weighted by Crippen LogP contribution is 2.17. The average molecular weight is 208 g/mol. The van der Waals surface area contributed by atoms with E-state index in [1.165, 1.54) is 25.7 Å². The van der Waals surface area contributed by atoms with Gasteiger partial charge in [0.2, 0.25) is 0 Å². The first-order valence-corrected chi connectivity index (χ1v) is 5.81. The van der Waals surface area contributed by atoms with E-state index >= 15 is 0 Å². The van der Waals surface area contributed by atoms with Gasteiger partial charge < -0.3 is 10.6 Å². The number of aromatic nitrogens is 2. The van der Waals surface area contributed by atoms with Crippen LogP contribution in [0.15, 0.2) is 12.3 Å². The SMILES string of the molecule is Cn1nccc1NCCNC1CCCC1. The summed E-state index contributed by atoms with van der Waals surface area (Å²) in [6.45, 7) is 2.01. The molecule has 0 radical (unpaired) electrons. The van der Waals surface area contributed by atoms with Crippen LogP contribution in [0.5, 0.6) is 0 Å². The van der Waals surface area contributed by atoms with Gasteiger partial charge in [-0.05, 0) is 12.8 Å². The molecule has 0 amide bonds. The highest BCUT2D eigenvalue weighted by molar-refractivity contribution is 5.33. The van der Waals surface area contributed by atoms with Crippen LogP contribution in [0.2, 0.25) is 0 Å². The number of nitrogens with zero attached hydrogens (tertiary/aromatic N) is 2. The zero-order chi connectivity index (χ0) is 10.5. The van der Waals surface area contributed by atoms with Crippen LogP contribution in [0.1, 0.15) is 25.7 Å². The number of nitrogens with one attached hydrogen (secondary N) is 2. The Kier molecular flexibility index (Phi) is 3.61. The second-order valence-electron chi connectivity index (χ2n) is 4.20. The van der Waals surface area contributed by atoms with Gasteiger partial charge in [-0.15, -0.1) is 0 Å². The Balaban J connectivity index is 1.60. The molecule has 1 heterocycles. The van der Waals surface area contributed by atoms with Gasteiger partial charge in [0.25, 0.3) is 0 Å². The van der Waals surface area contributed by atoms with Crippen LogP contribution in [0.4, 0.5) is 5.82 Å². The minimum Gasteiger partial charge on any atom is -0.369 e. The Hall–Kier alpha value is -1.03. The summed E-state index contributed by atoms with van der Waals surface area (Å²) in [6, 6.07) is 2.76. The molecule has 1 saturated carbocycles. The van der Waals surface area contributed by atoms with Crippen LogP contribution < -0.4 is 10.6 Å². The molecule has 1 aromatic heterocycles. The lowest BCUT2D eigenvalue weighted by Crippen LogP contribution is -2.30. The molecule has 15 heavy (non-hydrogen) atoms. The maximum absolute atomic E-state index is 4.11. The van der Waals surface area contributed by atoms with Gasteiger partial charge in [0.15, 0.2) is 0 Å². The Morgan fingerprint density at radius 2 is 2.20 bits per heavy atom. The Morgan fingerprint density at radius 3 is 2.87 bits per heavy atom. The van der Waals surface area contributed by atoms with Crippen LogP contribution in [0.3, 0.4) is 0 Å². The highest BCUT2D eigenvalue weighted by atomic mass is 15.3. The second-order valence-corrected chi connectivity index (χ2v) is 4.20. The van der Waals surface area contributed by atoms with Crippen molar-refractivity contribution >= 4 is 5.82 Å². The summed E-state index contributed by atoms with van der Waals surface area (Å²) in [5.41, 5.74) is 0. The van der Waals surface area contributed by atoms with Gasteiger partial charge in [-0.3, -0.25) is 4.68 Å². The predicted molar refractivity (Wildman–Crippen MR) is 62.0 cm³/mol. The molecular weight excluding hydrogens is 188 g/mol. The number of hydrogen-bond donors (Lipinski definition) is 2. The summed E-state index contributed by atoms with van der Waals surface area (Å²) in [5.74, 6) is 1.09. The normalized spacial score (nSPS) is 17.1. The summed E-state index contributed by atoms with van der Waals surface area (Å²) in [5, 5.41) is 11.0. The molecule has 1 aliphatic carbocycles. The van der Waals surface area contributed by atoms with Crippen molar-refractivity contribution in [2.75, 3.05) is 18.4 Å². The fraction of sp³-hybridized carbons (Fsp3) is 0.727. The van der Waals surface area contributed by atoms with E-state index in [9.17, 15) is 0 Å². The van der Waals surface area contributed by atoms with Crippen molar-refractivity contribution in [1.82, 2.24) is 15.1 Å². The molecule has 4 nitrogen and oxygen atoms in total. The Bertz CT molecular complexity index is 289. The minimum atomic E-state index is 0.762. The molecular formula is C11H20N4. The summed E-state index contributed by atoms with van der Waals surface area (Å²) < 4.78 is 1.86. The monoisotopic (exact) mass is 208 g/mol. The summed E-state index contributed by atoms with van der Waals surface area (Å²) >= 11 is 0. The zero-order valence-electron chi connectivity index (χ0n) is 9.37. The van der Waals surface area contributed by atoms with E-state index in [2.05, 4.69) is 15.7 Å². The second kappa shape index (κ2) is 5.16. The van der Waals surface area contributed by atoms with E-state index in [-0.39, 0.29) is 0 Å². The van der Waals surface area contributed by atoms with Crippen LogP contribution in [0, 0.1) is 0 Å². The van der Waals surface area contributed by atoms with Gasteiger partial charge in [0.1, 0.15) is 5.82 Å². The molecule has 1 fully saturated rings. The molecule has 0 aromatic carbocycles. The summed E-state index contributed by atoms with van der Waals surface area (Å²) in [6.07, 6.45) is 7.31. The van der Waals surface area contributed by atoms with Crippen molar-refractivity contribution in [3.63, 3.8) is 0 Å². The smallest absolute Gasteiger partial charge is 0.123 e. The predicted octanol–water partition coefficient (Wildman–Crippen LogP) is 1.36. The summed E-state index contributed by atoms with van der Waals surface area (Å²) in [4.78, 5) is 0. The first-order chi connectivity index (χ1) is 7.36. The third-order valence-electron chi connectivity index (χ3n) is 3.04.